The summed E-state index contributed by atoms with van der Waals surface area (Å²) in [5.74, 6) is -4.38. The van der Waals surface area contributed by atoms with E-state index >= 15 is 8.78 Å². The Morgan fingerprint density at radius 3 is 1.44 bits per heavy atom. The van der Waals surface area contributed by atoms with Crippen molar-refractivity contribution in [2.24, 2.45) is 0 Å². The van der Waals surface area contributed by atoms with Crippen molar-refractivity contribution in [3.05, 3.63) is 28.8 Å². The smallest absolute Gasteiger partial charge is 0.320 e. The van der Waals surface area contributed by atoms with E-state index in [1.165, 1.54) is 6.92 Å². The van der Waals surface area contributed by atoms with Gasteiger partial charge in [0.25, 0.3) is 16.0 Å². The summed E-state index contributed by atoms with van der Waals surface area (Å²) < 4.78 is 94.7. The third-order valence-corrected chi connectivity index (χ3v) is 10.2. The molecular formula is C26H44F2O6S2. The first-order valence-electron chi connectivity index (χ1n) is 12.2. The Bertz CT molecular complexity index is 1130. The fraction of sp³-hybridized carbons (Fsp3) is 0.769. The fourth-order valence-corrected chi connectivity index (χ4v) is 6.58. The molecule has 2 unspecified atom stereocenters. The maximum absolute atomic E-state index is 15.7. The van der Waals surface area contributed by atoms with Crippen LogP contribution in [0.15, 0.2) is 12.1 Å². The molecule has 0 aromatic heterocycles. The highest BCUT2D eigenvalue weighted by molar-refractivity contribution is 7.89. The molecule has 0 radical (unpaired) electrons. The van der Waals surface area contributed by atoms with E-state index in [9.17, 15) is 21.4 Å². The molecule has 0 amide bonds. The van der Waals surface area contributed by atoms with Gasteiger partial charge in [0.1, 0.15) is 5.75 Å². The Hall–Kier alpha value is -1.26. The molecule has 10 heteroatoms. The molecular weight excluding hydrogens is 510 g/mol. The molecule has 0 aliphatic rings. The lowest BCUT2D eigenvalue weighted by molar-refractivity contribution is -0.0467. The average molecular weight is 555 g/mol. The molecule has 2 atom stereocenters. The predicted octanol–water partition coefficient (Wildman–Crippen LogP) is 6.76. The Balaban J connectivity index is 4.06. The number of hydrogen-bond acceptors (Lipinski definition) is 5. The summed E-state index contributed by atoms with van der Waals surface area (Å²) in [6.45, 7) is 20.5. The lowest BCUT2D eigenvalue weighted by Crippen LogP contribution is -2.60. The zero-order valence-electron chi connectivity index (χ0n) is 23.7. The minimum Gasteiger partial charge on any atom is -0.381 e. The standard InChI is InChI=1S/C26H44F2O6S2/c1-13-20(35(29,30)31)26(27,28)25(12,14-2)36(32,33)34-21-18(23(6,7)8)15-17(22(3,4)5)16-19(21)24(9,10)11/h15-16,20H,13-14H2,1-12H3,(H,29,30,31). The summed E-state index contributed by atoms with van der Waals surface area (Å²) in [6.07, 6.45) is -1.33. The highest BCUT2D eigenvalue weighted by Crippen LogP contribution is 2.48. The van der Waals surface area contributed by atoms with Crippen LogP contribution in [0.5, 0.6) is 5.75 Å². The number of alkyl halides is 2. The first-order chi connectivity index (χ1) is 15.7. The van der Waals surface area contributed by atoms with Crippen molar-refractivity contribution in [3.8, 4) is 5.75 Å². The molecule has 0 saturated carbocycles. The van der Waals surface area contributed by atoms with Crippen molar-refractivity contribution in [2.45, 2.75) is 128 Å². The van der Waals surface area contributed by atoms with Gasteiger partial charge in [-0.1, -0.05) is 88.3 Å². The van der Waals surface area contributed by atoms with E-state index in [2.05, 4.69) is 0 Å². The van der Waals surface area contributed by atoms with Crippen molar-refractivity contribution in [2.75, 3.05) is 0 Å². The second-order valence-corrected chi connectivity index (χ2v) is 16.4. The van der Waals surface area contributed by atoms with Gasteiger partial charge in [-0.05, 0) is 41.6 Å². The largest absolute Gasteiger partial charge is 0.381 e. The van der Waals surface area contributed by atoms with Crippen LogP contribution in [-0.2, 0) is 36.5 Å². The van der Waals surface area contributed by atoms with Crippen molar-refractivity contribution in [1.82, 2.24) is 0 Å². The molecule has 1 aromatic carbocycles. The van der Waals surface area contributed by atoms with Crippen LogP contribution in [0.3, 0.4) is 0 Å². The molecule has 0 fully saturated rings. The van der Waals surface area contributed by atoms with Crippen molar-refractivity contribution in [1.29, 1.82) is 0 Å². The van der Waals surface area contributed by atoms with Gasteiger partial charge in [-0.15, -0.1) is 0 Å². The summed E-state index contributed by atoms with van der Waals surface area (Å²) in [6, 6.07) is 3.68. The van der Waals surface area contributed by atoms with Gasteiger partial charge >= 0.3 is 10.1 Å². The lowest BCUT2D eigenvalue weighted by Gasteiger charge is -2.39. The Morgan fingerprint density at radius 2 is 1.19 bits per heavy atom. The number of benzene rings is 1. The quantitative estimate of drug-likeness (QED) is 0.282. The van der Waals surface area contributed by atoms with Gasteiger partial charge in [0.15, 0.2) is 10.00 Å². The van der Waals surface area contributed by atoms with Gasteiger partial charge in [-0.2, -0.15) is 16.8 Å². The Labute approximate surface area is 217 Å². The molecule has 1 N–H and O–H groups in total. The molecule has 0 aliphatic heterocycles. The molecule has 6 nitrogen and oxygen atoms in total. The Morgan fingerprint density at radius 1 is 0.806 bits per heavy atom. The normalized spacial score (nSPS) is 17.0. The SMILES string of the molecule is CCC(C(F)(F)C(C)(CC)S(=O)(=O)Oc1c(C(C)(C)C)cc(C(C)(C)C)cc1C(C)(C)C)S(=O)(=O)O. The summed E-state index contributed by atoms with van der Waals surface area (Å²) in [7, 11) is -10.4. The van der Waals surface area contributed by atoms with Crippen LogP contribution < -0.4 is 4.18 Å². The molecule has 0 heterocycles. The zero-order chi connectivity index (χ0) is 28.9. The number of halogens is 2. The molecule has 1 rings (SSSR count). The van der Waals surface area contributed by atoms with Gasteiger partial charge in [0.05, 0.1) is 0 Å². The van der Waals surface area contributed by atoms with Crippen LogP contribution in [0.4, 0.5) is 8.78 Å². The lowest BCUT2D eigenvalue weighted by atomic mass is 9.75. The van der Waals surface area contributed by atoms with E-state index in [1.54, 1.807) is 0 Å². The van der Waals surface area contributed by atoms with Crippen LogP contribution in [0.2, 0.25) is 0 Å². The van der Waals surface area contributed by atoms with Gasteiger partial charge in [0.2, 0.25) is 0 Å². The van der Waals surface area contributed by atoms with Crippen LogP contribution in [0, 0.1) is 0 Å². The van der Waals surface area contributed by atoms with E-state index in [-0.39, 0.29) is 11.2 Å². The molecule has 1 aromatic rings. The number of hydrogen-bond donors (Lipinski definition) is 1. The molecule has 36 heavy (non-hydrogen) atoms. The molecule has 210 valence electrons. The van der Waals surface area contributed by atoms with Crippen molar-refractivity contribution >= 4 is 20.2 Å². The fourth-order valence-electron chi connectivity index (χ4n) is 4.04. The van der Waals surface area contributed by atoms with E-state index in [1.807, 2.05) is 74.4 Å². The molecule has 0 bridgehead atoms. The van der Waals surface area contributed by atoms with Crippen LogP contribution in [0.1, 0.15) is 113 Å². The van der Waals surface area contributed by atoms with Crippen LogP contribution in [-0.4, -0.2) is 37.3 Å². The van der Waals surface area contributed by atoms with Crippen LogP contribution >= 0.6 is 0 Å². The highest BCUT2D eigenvalue weighted by atomic mass is 32.2. The molecule has 0 aliphatic carbocycles. The summed E-state index contributed by atoms with van der Waals surface area (Å²) in [5.41, 5.74) is 0.490. The van der Waals surface area contributed by atoms with E-state index in [4.69, 9.17) is 4.18 Å². The van der Waals surface area contributed by atoms with E-state index < -0.39 is 59.8 Å². The van der Waals surface area contributed by atoms with E-state index in [0.29, 0.717) is 11.1 Å². The van der Waals surface area contributed by atoms with Gasteiger partial charge in [0, 0.05) is 11.1 Å². The average Bonchev–Trinajstić information content (AvgIpc) is 2.63. The first kappa shape index (κ1) is 32.8. The molecule has 0 saturated heterocycles. The highest BCUT2D eigenvalue weighted by Gasteiger charge is 2.66. The van der Waals surface area contributed by atoms with Crippen molar-refractivity contribution in [3.63, 3.8) is 0 Å². The first-order valence-corrected chi connectivity index (χ1v) is 15.1. The molecule has 0 spiro atoms. The van der Waals surface area contributed by atoms with Gasteiger partial charge in [-0.3, -0.25) is 4.55 Å². The summed E-state index contributed by atoms with van der Waals surface area (Å²) in [4.78, 5) is 0. The van der Waals surface area contributed by atoms with Gasteiger partial charge in [-0.25, -0.2) is 8.78 Å². The third-order valence-electron chi connectivity index (χ3n) is 6.83. The second-order valence-electron chi connectivity index (χ2n) is 12.8. The monoisotopic (exact) mass is 554 g/mol. The third kappa shape index (κ3) is 6.23. The van der Waals surface area contributed by atoms with E-state index in [0.717, 1.165) is 19.4 Å². The zero-order valence-corrected chi connectivity index (χ0v) is 25.3. The maximum atomic E-state index is 15.7. The second kappa shape index (κ2) is 9.80. The minimum absolute atomic E-state index is 0.0293. The minimum atomic E-state index is -5.25. The van der Waals surface area contributed by atoms with Gasteiger partial charge < -0.3 is 4.18 Å². The number of rotatable bonds is 8. The summed E-state index contributed by atoms with van der Waals surface area (Å²) >= 11 is 0. The predicted molar refractivity (Wildman–Crippen MR) is 141 cm³/mol. The van der Waals surface area contributed by atoms with Crippen molar-refractivity contribution < 1.29 is 34.4 Å². The topological polar surface area (TPSA) is 97.7 Å². The maximum Gasteiger partial charge on any atom is 0.320 e. The summed E-state index contributed by atoms with van der Waals surface area (Å²) in [5, 5.41) is -2.61. The Kier molecular flexibility index (Phi) is 8.92. The van der Waals surface area contributed by atoms with Crippen LogP contribution in [0.25, 0.3) is 0 Å².